The van der Waals surface area contributed by atoms with Crippen molar-refractivity contribution in [3.63, 3.8) is 0 Å². The number of sulfone groups is 1. The Morgan fingerprint density at radius 3 is 2.68 bits per heavy atom. The number of pyridine rings is 1. The molecule has 0 radical (unpaired) electrons. The normalized spacial score (nSPS) is 14.5. The molecule has 1 saturated carbocycles. The first-order valence-corrected chi connectivity index (χ1v) is 11.0. The molecule has 0 spiro atoms. The van der Waals surface area contributed by atoms with Crippen molar-refractivity contribution in [2.45, 2.75) is 31.4 Å². The second-order valence-corrected chi connectivity index (χ2v) is 9.56. The van der Waals surface area contributed by atoms with Crippen molar-refractivity contribution >= 4 is 20.9 Å². The molecule has 0 aliphatic heterocycles. The molecule has 2 heterocycles. The van der Waals surface area contributed by atoms with Crippen LogP contribution in [-0.2, 0) is 22.6 Å². The van der Waals surface area contributed by atoms with Crippen molar-refractivity contribution in [1.82, 2.24) is 9.55 Å². The topological polar surface area (TPSA) is 91.4 Å². The van der Waals surface area contributed by atoms with Crippen LogP contribution in [0, 0.1) is 0 Å². The number of oxazole rings is 1. The molecule has 2 aromatic heterocycles. The highest BCUT2D eigenvalue weighted by atomic mass is 32.2. The van der Waals surface area contributed by atoms with Gasteiger partial charge in [-0.15, -0.1) is 0 Å². The van der Waals surface area contributed by atoms with E-state index in [2.05, 4.69) is 4.98 Å². The SMILES string of the molecule is CCS(=O)(=O)Cc1cc(-c2cc(OC)c(=O)n(C)c2)c2nc(C3CC3)oc2c1. The highest BCUT2D eigenvalue weighted by Gasteiger charge is 2.30. The first-order chi connectivity index (χ1) is 13.3. The third kappa shape index (κ3) is 3.44. The fourth-order valence-electron chi connectivity index (χ4n) is 3.24. The van der Waals surface area contributed by atoms with E-state index in [0.717, 1.165) is 24.0 Å². The van der Waals surface area contributed by atoms with Gasteiger partial charge in [0.1, 0.15) is 5.52 Å². The second kappa shape index (κ2) is 6.77. The minimum Gasteiger partial charge on any atom is -0.491 e. The molecule has 0 saturated heterocycles. The molecule has 8 heteroatoms. The van der Waals surface area contributed by atoms with Crippen LogP contribution in [0.1, 0.15) is 37.1 Å². The smallest absolute Gasteiger partial charge is 0.292 e. The highest BCUT2D eigenvalue weighted by Crippen LogP contribution is 2.42. The third-order valence-electron chi connectivity index (χ3n) is 5.01. The van der Waals surface area contributed by atoms with Crippen LogP contribution in [0.5, 0.6) is 5.75 Å². The molecule has 0 amide bonds. The summed E-state index contributed by atoms with van der Waals surface area (Å²) in [6.45, 7) is 1.63. The van der Waals surface area contributed by atoms with Gasteiger partial charge >= 0.3 is 0 Å². The van der Waals surface area contributed by atoms with Gasteiger partial charge in [0.15, 0.2) is 27.1 Å². The third-order valence-corrected chi connectivity index (χ3v) is 6.66. The van der Waals surface area contributed by atoms with E-state index in [9.17, 15) is 13.2 Å². The van der Waals surface area contributed by atoms with E-state index in [1.165, 1.54) is 11.7 Å². The molecule has 0 N–H and O–H groups in total. The molecule has 0 unspecified atom stereocenters. The van der Waals surface area contributed by atoms with Gasteiger partial charge in [-0.3, -0.25) is 4.79 Å². The Labute approximate surface area is 162 Å². The lowest BCUT2D eigenvalue weighted by molar-refractivity contribution is 0.405. The van der Waals surface area contributed by atoms with Crippen molar-refractivity contribution in [2.75, 3.05) is 12.9 Å². The Morgan fingerprint density at radius 1 is 1.29 bits per heavy atom. The number of aromatic nitrogens is 2. The van der Waals surface area contributed by atoms with Crippen LogP contribution in [-0.4, -0.2) is 30.8 Å². The lowest BCUT2D eigenvalue weighted by atomic mass is 10.0. The fourth-order valence-corrected chi connectivity index (χ4v) is 4.12. The maximum atomic E-state index is 12.2. The second-order valence-electron chi connectivity index (χ2n) is 7.21. The predicted molar refractivity (Wildman–Crippen MR) is 106 cm³/mol. The summed E-state index contributed by atoms with van der Waals surface area (Å²) in [5.74, 6) is 1.22. The van der Waals surface area contributed by atoms with E-state index in [1.54, 1.807) is 32.3 Å². The van der Waals surface area contributed by atoms with E-state index < -0.39 is 9.84 Å². The van der Waals surface area contributed by atoms with Crippen molar-refractivity contribution in [2.24, 2.45) is 7.05 Å². The van der Waals surface area contributed by atoms with Crippen LogP contribution >= 0.6 is 0 Å². The van der Waals surface area contributed by atoms with Gasteiger partial charge in [-0.05, 0) is 36.6 Å². The first-order valence-electron chi connectivity index (χ1n) is 9.20. The zero-order chi connectivity index (χ0) is 20.1. The molecule has 1 fully saturated rings. The number of rotatable bonds is 6. The Hall–Kier alpha value is -2.61. The van der Waals surface area contributed by atoms with Gasteiger partial charge in [-0.2, -0.15) is 0 Å². The number of ether oxygens (including phenoxy) is 1. The number of fused-ring (bicyclic) bond motifs is 1. The van der Waals surface area contributed by atoms with E-state index in [4.69, 9.17) is 9.15 Å². The van der Waals surface area contributed by atoms with E-state index >= 15 is 0 Å². The van der Waals surface area contributed by atoms with Crippen molar-refractivity contribution in [1.29, 1.82) is 0 Å². The van der Waals surface area contributed by atoms with Gasteiger partial charge in [-0.25, -0.2) is 13.4 Å². The lowest BCUT2D eigenvalue weighted by Gasteiger charge is -2.10. The van der Waals surface area contributed by atoms with Crippen LogP contribution in [0.4, 0.5) is 0 Å². The Morgan fingerprint density at radius 2 is 2.04 bits per heavy atom. The molecule has 1 aliphatic rings. The van der Waals surface area contributed by atoms with Crippen LogP contribution in [0.2, 0.25) is 0 Å². The largest absolute Gasteiger partial charge is 0.491 e. The molecular formula is C20H22N2O5S. The van der Waals surface area contributed by atoms with Gasteiger partial charge in [0.2, 0.25) is 0 Å². The standard InChI is InChI=1S/C20H22N2O5S/c1-4-28(24,25)11-12-7-15(14-9-17(26-3)20(23)22(2)10-14)18-16(8-12)27-19(21-18)13-5-6-13/h7-10,13H,4-6,11H2,1-3H3. The Bertz CT molecular complexity index is 1220. The summed E-state index contributed by atoms with van der Waals surface area (Å²) in [4.78, 5) is 16.8. The summed E-state index contributed by atoms with van der Waals surface area (Å²) < 4.78 is 36.9. The molecule has 7 nitrogen and oxygen atoms in total. The van der Waals surface area contributed by atoms with Gasteiger partial charge in [0.25, 0.3) is 5.56 Å². The predicted octanol–water partition coefficient (Wildman–Crippen LogP) is 3.01. The highest BCUT2D eigenvalue weighted by molar-refractivity contribution is 7.90. The summed E-state index contributed by atoms with van der Waals surface area (Å²) in [5.41, 5.74) is 3.06. The van der Waals surface area contributed by atoms with Gasteiger partial charge in [-0.1, -0.05) is 6.92 Å². The average Bonchev–Trinajstić information content (AvgIpc) is 3.42. The van der Waals surface area contributed by atoms with Crippen LogP contribution < -0.4 is 10.3 Å². The lowest BCUT2D eigenvalue weighted by Crippen LogP contribution is -2.17. The van der Waals surface area contributed by atoms with Crippen molar-refractivity contribution in [3.05, 3.63) is 46.2 Å². The van der Waals surface area contributed by atoms with Crippen molar-refractivity contribution in [3.8, 4) is 16.9 Å². The Balaban J connectivity index is 1.95. The minimum atomic E-state index is -3.21. The quantitative estimate of drug-likeness (QED) is 0.629. The molecule has 0 atom stereocenters. The van der Waals surface area contributed by atoms with E-state index in [-0.39, 0.29) is 22.8 Å². The number of methoxy groups -OCH3 is 1. The molecule has 0 bridgehead atoms. The number of nitrogens with zero attached hydrogens (tertiary/aromatic N) is 2. The average molecular weight is 402 g/mol. The summed E-state index contributed by atoms with van der Waals surface area (Å²) in [5, 5.41) is 0. The van der Waals surface area contributed by atoms with E-state index in [1.807, 2.05) is 6.07 Å². The summed E-state index contributed by atoms with van der Waals surface area (Å²) in [6.07, 6.45) is 3.79. The summed E-state index contributed by atoms with van der Waals surface area (Å²) in [7, 11) is -0.113. The molecule has 1 aliphatic carbocycles. The number of hydrogen-bond acceptors (Lipinski definition) is 6. The maximum absolute atomic E-state index is 12.2. The molecular weight excluding hydrogens is 380 g/mol. The van der Waals surface area contributed by atoms with Crippen LogP contribution in [0.25, 0.3) is 22.2 Å². The molecule has 1 aromatic carbocycles. The molecule has 28 heavy (non-hydrogen) atoms. The molecule has 148 valence electrons. The zero-order valence-corrected chi connectivity index (χ0v) is 16.9. The van der Waals surface area contributed by atoms with Gasteiger partial charge < -0.3 is 13.7 Å². The van der Waals surface area contributed by atoms with Crippen LogP contribution in [0.15, 0.2) is 33.6 Å². The summed E-state index contributed by atoms with van der Waals surface area (Å²) >= 11 is 0. The minimum absolute atomic E-state index is 0.0672. The van der Waals surface area contributed by atoms with Gasteiger partial charge in [0, 0.05) is 36.0 Å². The van der Waals surface area contributed by atoms with Crippen molar-refractivity contribution < 1.29 is 17.6 Å². The number of aryl methyl sites for hydroxylation is 1. The number of hydrogen-bond donors (Lipinski definition) is 0. The molecule has 3 aromatic rings. The molecule has 4 rings (SSSR count). The fraction of sp³-hybridized carbons (Fsp3) is 0.400. The zero-order valence-electron chi connectivity index (χ0n) is 16.1. The van der Waals surface area contributed by atoms with Gasteiger partial charge in [0.05, 0.1) is 12.9 Å². The van der Waals surface area contributed by atoms with E-state index in [0.29, 0.717) is 28.5 Å². The maximum Gasteiger partial charge on any atom is 0.292 e. The Kier molecular flexibility index (Phi) is 4.53. The van der Waals surface area contributed by atoms with Crippen LogP contribution in [0.3, 0.4) is 0 Å². The summed E-state index contributed by atoms with van der Waals surface area (Å²) in [6, 6.07) is 5.22. The first kappa shape index (κ1) is 18.7. The monoisotopic (exact) mass is 402 g/mol. The number of benzene rings is 1.